The number of nitrogens with zero attached hydrogens (tertiary/aromatic N) is 10. The molecular formula is C59H71F2N11O8. The number of carbonyl (C=O) groups is 3. The molecule has 6 aromatic rings. The van der Waals surface area contributed by atoms with Gasteiger partial charge in [0.25, 0.3) is 0 Å². The van der Waals surface area contributed by atoms with Crippen LogP contribution < -0.4 is 25.5 Å². The predicted molar refractivity (Wildman–Crippen MR) is 298 cm³/mol. The predicted octanol–water partition coefficient (Wildman–Crippen LogP) is 6.81. The van der Waals surface area contributed by atoms with Crippen molar-refractivity contribution in [2.24, 2.45) is 12.5 Å². The van der Waals surface area contributed by atoms with Crippen LogP contribution in [0, 0.1) is 17.0 Å². The third kappa shape index (κ3) is 9.85. The Labute approximate surface area is 462 Å². The van der Waals surface area contributed by atoms with Gasteiger partial charge in [-0.2, -0.15) is 9.97 Å². The van der Waals surface area contributed by atoms with Gasteiger partial charge >= 0.3 is 17.8 Å². The van der Waals surface area contributed by atoms with Gasteiger partial charge in [0, 0.05) is 95.9 Å². The third-order valence-electron chi connectivity index (χ3n) is 18.4. The zero-order chi connectivity index (χ0) is 55.8. The van der Waals surface area contributed by atoms with E-state index < -0.39 is 29.2 Å². The third-order valence-corrected chi connectivity index (χ3v) is 18.4. The normalized spacial score (nSPS) is 24.8. The molecule has 3 aromatic carbocycles. The summed E-state index contributed by atoms with van der Waals surface area (Å²) in [4.78, 5) is 76.7. The summed E-state index contributed by atoms with van der Waals surface area (Å²) in [6.07, 6.45) is 8.44. The van der Waals surface area contributed by atoms with E-state index >= 15 is 8.78 Å². The first-order valence-corrected chi connectivity index (χ1v) is 28.5. The van der Waals surface area contributed by atoms with E-state index in [0.717, 1.165) is 89.0 Å². The van der Waals surface area contributed by atoms with Gasteiger partial charge in [-0.25, -0.2) is 18.4 Å². The summed E-state index contributed by atoms with van der Waals surface area (Å²) in [5.41, 5.74) is 1.30. The van der Waals surface area contributed by atoms with Gasteiger partial charge in [-0.3, -0.25) is 38.8 Å². The number of hydrogen-bond donors (Lipinski definition) is 3. The lowest BCUT2D eigenvalue weighted by Crippen LogP contribution is -2.52. The summed E-state index contributed by atoms with van der Waals surface area (Å²) in [5, 5.41) is 25.7. The first kappa shape index (κ1) is 53.7. The Bertz CT molecular complexity index is 3500. The molecule has 4 atom stereocenters. The number of benzene rings is 3. The smallest absolute Gasteiger partial charge is 0.409 e. The molecule has 12 rings (SSSR count). The highest BCUT2D eigenvalue weighted by atomic mass is 19.1. The van der Waals surface area contributed by atoms with Crippen molar-refractivity contribution in [3.8, 4) is 23.0 Å². The number of aromatic nitrogens is 5. The second-order valence-corrected chi connectivity index (χ2v) is 24.0. The maximum absolute atomic E-state index is 17.3. The topological polar surface area (TPSA) is 204 Å². The van der Waals surface area contributed by atoms with E-state index in [4.69, 9.17) is 19.4 Å². The first-order valence-electron chi connectivity index (χ1n) is 28.5. The van der Waals surface area contributed by atoms with Gasteiger partial charge < -0.3 is 34.4 Å². The Balaban J connectivity index is 0.671. The Morgan fingerprint density at radius 3 is 2.42 bits per heavy atom. The minimum Gasteiger partial charge on any atom is -0.508 e. The van der Waals surface area contributed by atoms with Gasteiger partial charge in [0.05, 0.1) is 27.6 Å². The van der Waals surface area contributed by atoms with Gasteiger partial charge in [-0.1, -0.05) is 19.9 Å². The summed E-state index contributed by atoms with van der Waals surface area (Å²) < 4.78 is 48.3. The molecule has 6 saturated heterocycles. The highest BCUT2D eigenvalue weighted by Crippen LogP contribution is 2.44. The van der Waals surface area contributed by atoms with E-state index in [1.165, 1.54) is 29.0 Å². The maximum Gasteiger partial charge on any atom is 0.409 e. The Morgan fingerprint density at radius 2 is 1.66 bits per heavy atom. The van der Waals surface area contributed by atoms with Crippen LogP contribution in [0.3, 0.4) is 0 Å². The summed E-state index contributed by atoms with van der Waals surface area (Å²) in [6, 6.07) is 11.0. The molecule has 0 spiro atoms. The van der Waals surface area contributed by atoms with E-state index in [-0.39, 0.29) is 95.8 Å². The standard InChI is InChI=1S/C59H71F2N11O8/c1-5-40-43(60)10-8-36-28-39(73)30-41(48(36)40)50-49(61)51-42(31-62-50)52(70-20-6-15-58(3,78)34-70)65-54(64-51)80-35-59-16-7-21-71(59)38(14-17-59)32-79-56(77)69-22-18-57(2,19-23-69)33-67-24-26-68(27-25-67)37-9-11-44-46(29-37)66(4)55(76)72(44)45-12-13-47(74)63-53(45)75/h8-11,28-31,38,45,73,78H,5-7,12-27,32-35H2,1-4H3,(H,63,74,75)/t38-,45?,58+,59-/m0/s1. The Hall–Kier alpha value is -6.97. The molecule has 0 aliphatic carbocycles. The zero-order valence-corrected chi connectivity index (χ0v) is 46.1. The van der Waals surface area contributed by atoms with Gasteiger partial charge in [-0.15, -0.1) is 0 Å². The molecule has 6 aliphatic rings. The van der Waals surface area contributed by atoms with Crippen LogP contribution in [0.5, 0.6) is 11.8 Å². The number of aliphatic hydroxyl groups is 1. The quantitative estimate of drug-likeness (QED) is 0.108. The van der Waals surface area contributed by atoms with E-state index in [1.807, 2.05) is 34.9 Å². The largest absolute Gasteiger partial charge is 0.508 e. The summed E-state index contributed by atoms with van der Waals surface area (Å²) in [6.45, 7) is 13.6. The molecule has 0 saturated carbocycles. The van der Waals surface area contributed by atoms with Crippen molar-refractivity contribution in [3.63, 3.8) is 0 Å². The molecule has 0 radical (unpaired) electrons. The monoisotopic (exact) mass is 1100 g/mol. The number of piperazine rings is 1. The number of imide groups is 1. The molecular weight excluding hydrogens is 1030 g/mol. The van der Waals surface area contributed by atoms with Gasteiger partial charge in [0.15, 0.2) is 5.82 Å². The minimum absolute atomic E-state index is 0.00351. The van der Waals surface area contributed by atoms with Crippen molar-refractivity contribution in [1.29, 1.82) is 0 Å². The molecule has 6 fully saturated rings. The number of imidazole rings is 1. The van der Waals surface area contributed by atoms with Crippen molar-refractivity contribution in [1.82, 2.24) is 44.1 Å². The van der Waals surface area contributed by atoms with Crippen molar-refractivity contribution >= 4 is 62.1 Å². The Kier molecular flexibility index (Phi) is 14.0. The Morgan fingerprint density at radius 1 is 0.875 bits per heavy atom. The molecule has 3 N–H and O–H groups in total. The van der Waals surface area contributed by atoms with E-state index in [2.05, 4.69) is 31.9 Å². The molecule has 6 aliphatic heterocycles. The molecule has 3 aromatic heterocycles. The van der Waals surface area contributed by atoms with Crippen molar-refractivity contribution in [2.75, 3.05) is 88.5 Å². The lowest BCUT2D eigenvalue weighted by atomic mass is 9.80. The number of ether oxygens (including phenoxy) is 2. The SMILES string of the molecule is CCc1c(F)ccc2cc(O)cc(-c3ncc4c(N5CCC[C@@](C)(O)C5)nc(OC[C@@]56CCCN5[C@H](COC(=O)N5CCC(C)(CN7CCN(c8ccc9c(c8)n(C)c(=O)n9C8CCC(=O)NC8=O)CC7)CC5)CC6)nc4c3F)c12. The number of aromatic hydroxyl groups is 1. The van der Waals surface area contributed by atoms with Gasteiger partial charge in [0.2, 0.25) is 11.8 Å². The summed E-state index contributed by atoms with van der Waals surface area (Å²) in [5.74, 6) is -1.68. The number of anilines is 2. The van der Waals surface area contributed by atoms with Crippen LogP contribution in [0.25, 0.3) is 44.0 Å². The van der Waals surface area contributed by atoms with Crippen molar-refractivity contribution in [2.45, 2.75) is 115 Å². The van der Waals surface area contributed by atoms with Crippen LogP contribution in [0.2, 0.25) is 0 Å². The van der Waals surface area contributed by atoms with Crippen molar-refractivity contribution < 1.29 is 42.9 Å². The second-order valence-electron chi connectivity index (χ2n) is 24.0. The number of likely N-dealkylation sites (tertiary alicyclic amines) is 1. The van der Waals surface area contributed by atoms with Gasteiger partial charge in [-0.05, 0) is 136 Å². The number of phenolic OH excluding ortho intramolecular Hbond substituents is 1. The van der Waals surface area contributed by atoms with Crippen LogP contribution >= 0.6 is 0 Å². The average Bonchev–Trinajstić information content (AvgIpc) is 4.10. The number of phenols is 1. The van der Waals surface area contributed by atoms with E-state index in [9.17, 15) is 29.4 Å². The number of piperidine rings is 3. The number of amides is 3. The fourth-order valence-electron chi connectivity index (χ4n) is 14.1. The fourth-order valence-corrected chi connectivity index (χ4v) is 14.1. The van der Waals surface area contributed by atoms with Gasteiger partial charge in [0.1, 0.15) is 47.9 Å². The van der Waals surface area contributed by atoms with E-state index in [0.29, 0.717) is 72.0 Å². The van der Waals surface area contributed by atoms with Crippen LogP contribution in [-0.2, 0) is 27.8 Å². The number of pyridine rings is 1. The number of nitrogens with one attached hydrogen (secondary N) is 1. The number of carbonyl (C=O) groups excluding carboxylic acids is 3. The first-order chi connectivity index (χ1) is 38.4. The molecule has 80 heavy (non-hydrogen) atoms. The average molecular weight is 1100 g/mol. The number of fused-ring (bicyclic) bond motifs is 4. The lowest BCUT2D eigenvalue weighted by molar-refractivity contribution is -0.135. The molecule has 19 nitrogen and oxygen atoms in total. The number of rotatable bonds is 12. The minimum atomic E-state index is -1.01. The highest BCUT2D eigenvalue weighted by Gasteiger charge is 2.50. The highest BCUT2D eigenvalue weighted by molar-refractivity contribution is 6.02. The molecule has 1 unspecified atom stereocenters. The fraction of sp³-hybridized carbons (Fsp3) is 0.542. The lowest BCUT2D eigenvalue weighted by Gasteiger charge is -2.44. The van der Waals surface area contributed by atoms with Crippen LogP contribution in [0.4, 0.5) is 25.1 Å². The maximum atomic E-state index is 17.3. The van der Waals surface area contributed by atoms with E-state index in [1.54, 1.807) is 24.6 Å². The number of β-amino-alcohol motifs (C(OH)–C–C–N with tert-alkyl or cyclic N) is 1. The van der Waals surface area contributed by atoms with Crippen LogP contribution in [-0.4, -0.2) is 163 Å². The second kappa shape index (κ2) is 20.8. The molecule has 3 amide bonds. The molecule has 21 heteroatoms. The number of aryl methyl sites for hydroxylation is 2. The van der Waals surface area contributed by atoms with Crippen LogP contribution in [0.1, 0.15) is 96.6 Å². The molecule has 0 bridgehead atoms. The summed E-state index contributed by atoms with van der Waals surface area (Å²) in [7, 11) is 1.71. The number of hydrogen-bond acceptors (Lipinski definition) is 15. The zero-order valence-electron chi connectivity index (χ0n) is 46.1. The molecule has 9 heterocycles. The molecule has 424 valence electrons. The summed E-state index contributed by atoms with van der Waals surface area (Å²) >= 11 is 0. The number of halogens is 2. The van der Waals surface area contributed by atoms with Crippen LogP contribution in [0.15, 0.2) is 53.5 Å². The van der Waals surface area contributed by atoms with Crippen molar-refractivity contribution in [3.05, 3.63) is 76.3 Å².